The maximum Gasteiger partial charge on any atom is 0.0117 e. The third-order valence-corrected chi connectivity index (χ3v) is 5.49. The molecule has 1 aliphatic heterocycles. The first-order chi connectivity index (χ1) is 9.65. The average Bonchev–Trinajstić information content (AvgIpc) is 2.88. The van der Waals surface area contributed by atoms with Gasteiger partial charge in [-0.05, 0) is 71.2 Å². The lowest BCUT2D eigenvalue weighted by molar-refractivity contribution is 0.0936. The molecule has 0 radical (unpaired) electrons. The van der Waals surface area contributed by atoms with Crippen molar-refractivity contribution in [1.82, 2.24) is 15.1 Å². The summed E-state index contributed by atoms with van der Waals surface area (Å²) >= 11 is 0. The molecular weight excluding hydrogens is 246 g/mol. The summed E-state index contributed by atoms with van der Waals surface area (Å²) in [4.78, 5) is 5.16. The Morgan fingerprint density at radius 1 is 1.20 bits per heavy atom. The highest BCUT2D eigenvalue weighted by Gasteiger charge is 2.36. The van der Waals surface area contributed by atoms with Crippen molar-refractivity contribution in [2.75, 3.05) is 46.8 Å². The molecule has 0 spiro atoms. The van der Waals surface area contributed by atoms with Gasteiger partial charge in [-0.15, -0.1) is 0 Å². The molecule has 0 unspecified atom stereocenters. The van der Waals surface area contributed by atoms with E-state index in [0.717, 1.165) is 6.04 Å². The molecule has 0 bridgehead atoms. The molecule has 1 saturated carbocycles. The average molecular weight is 281 g/mol. The van der Waals surface area contributed by atoms with E-state index in [1.54, 1.807) is 0 Å². The zero-order valence-corrected chi connectivity index (χ0v) is 14.0. The van der Waals surface area contributed by atoms with E-state index < -0.39 is 0 Å². The molecule has 0 aromatic carbocycles. The fourth-order valence-corrected chi connectivity index (χ4v) is 4.14. The van der Waals surface area contributed by atoms with Crippen molar-refractivity contribution in [1.29, 1.82) is 0 Å². The summed E-state index contributed by atoms with van der Waals surface area (Å²) in [7, 11) is 4.62. The summed E-state index contributed by atoms with van der Waals surface area (Å²) in [5, 5.41) is 3.70. The fourth-order valence-electron chi connectivity index (χ4n) is 4.14. The Morgan fingerprint density at radius 2 is 1.85 bits per heavy atom. The van der Waals surface area contributed by atoms with Gasteiger partial charge in [0.2, 0.25) is 0 Å². The number of nitrogens with zero attached hydrogens (tertiary/aromatic N) is 2. The summed E-state index contributed by atoms with van der Waals surface area (Å²) in [5.74, 6) is 0. The highest BCUT2D eigenvalue weighted by molar-refractivity contribution is 4.91. The Bertz CT molecular complexity index is 265. The van der Waals surface area contributed by atoms with Crippen LogP contribution >= 0.6 is 0 Å². The van der Waals surface area contributed by atoms with Crippen molar-refractivity contribution in [2.45, 2.75) is 57.9 Å². The summed E-state index contributed by atoms with van der Waals surface area (Å²) in [5.41, 5.74) is 0.563. The van der Waals surface area contributed by atoms with Crippen LogP contribution in [0.1, 0.15) is 51.9 Å². The number of rotatable bonds is 7. The molecule has 20 heavy (non-hydrogen) atoms. The van der Waals surface area contributed by atoms with Crippen LogP contribution in [0.5, 0.6) is 0 Å². The molecule has 2 fully saturated rings. The molecule has 2 rings (SSSR count). The maximum absolute atomic E-state index is 3.70. The Morgan fingerprint density at radius 3 is 2.45 bits per heavy atom. The Labute approximate surface area is 126 Å². The van der Waals surface area contributed by atoms with Crippen molar-refractivity contribution < 1.29 is 0 Å². The Kier molecular flexibility index (Phi) is 6.31. The van der Waals surface area contributed by atoms with Crippen LogP contribution in [0, 0.1) is 5.41 Å². The van der Waals surface area contributed by atoms with Gasteiger partial charge < -0.3 is 15.1 Å². The molecule has 1 heterocycles. The van der Waals surface area contributed by atoms with E-state index in [0.29, 0.717) is 5.41 Å². The lowest BCUT2D eigenvalue weighted by Crippen LogP contribution is -2.48. The highest BCUT2D eigenvalue weighted by atomic mass is 15.2. The van der Waals surface area contributed by atoms with E-state index >= 15 is 0 Å². The number of hydrogen-bond donors (Lipinski definition) is 1. The zero-order chi connectivity index (χ0) is 14.4. The van der Waals surface area contributed by atoms with Gasteiger partial charge in [-0.25, -0.2) is 0 Å². The molecule has 1 aliphatic carbocycles. The molecule has 0 aromatic rings. The van der Waals surface area contributed by atoms with Gasteiger partial charge in [0, 0.05) is 19.1 Å². The van der Waals surface area contributed by atoms with E-state index in [4.69, 9.17) is 0 Å². The third kappa shape index (κ3) is 4.44. The van der Waals surface area contributed by atoms with Gasteiger partial charge in [-0.2, -0.15) is 0 Å². The summed E-state index contributed by atoms with van der Waals surface area (Å²) in [6.45, 7) is 8.53. The van der Waals surface area contributed by atoms with E-state index in [1.807, 2.05) is 0 Å². The minimum absolute atomic E-state index is 0.563. The van der Waals surface area contributed by atoms with Crippen molar-refractivity contribution in [3.63, 3.8) is 0 Å². The van der Waals surface area contributed by atoms with Gasteiger partial charge in [-0.3, -0.25) is 0 Å². The van der Waals surface area contributed by atoms with E-state index in [9.17, 15) is 0 Å². The zero-order valence-electron chi connectivity index (χ0n) is 14.0. The molecule has 1 N–H and O–H groups in total. The first-order valence-corrected chi connectivity index (χ1v) is 8.75. The van der Waals surface area contributed by atoms with E-state index in [1.165, 1.54) is 77.7 Å². The molecule has 3 heteroatoms. The van der Waals surface area contributed by atoms with E-state index in [-0.39, 0.29) is 0 Å². The standard InChI is InChI=1S/C17H35N3/c1-4-11-18-14-17(9-5-6-10-17)15-20(3)16-7-12-19(2)13-8-16/h16,18H,4-15H2,1-3H3. The molecule has 0 amide bonds. The topological polar surface area (TPSA) is 18.5 Å². The summed E-state index contributed by atoms with van der Waals surface area (Å²) < 4.78 is 0. The molecule has 0 atom stereocenters. The van der Waals surface area contributed by atoms with Crippen LogP contribution < -0.4 is 5.32 Å². The van der Waals surface area contributed by atoms with Crippen LogP contribution in [0.25, 0.3) is 0 Å². The van der Waals surface area contributed by atoms with Gasteiger partial charge >= 0.3 is 0 Å². The first-order valence-electron chi connectivity index (χ1n) is 8.75. The van der Waals surface area contributed by atoms with Crippen LogP contribution in [0.4, 0.5) is 0 Å². The van der Waals surface area contributed by atoms with Gasteiger partial charge in [0.05, 0.1) is 0 Å². The second kappa shape index (κ2) is 7.77. The van der Waals surface area contributed by atoms with Gasteiger partial charge in [0.15, 0.2) is 0 Å². The SMILES string of the molecule is CCCNCC1(CN(C)C2CCN(C)CC2)CCCC1. The van der Waals surface area contributed by atoms with Crippen molar-refractivity contribution in [3.8, 4) is 0 Å². The number of likely N-dealkylation sites (tertiary alicyclic amines) is 1. The lowest BCUT2D eigenvalue weighted by atomic mass is 9.84. The molecule has 0 aromatic heterocycles. The quantitative estimate of drug-likeness (QED) is 0.724. The maximum atomic E-state index is 3.70. The number of nitrogens with one attached hydrogen (secondary N) is 1. The molecule has 2 aliphatic rings. The predicted octanol–water partition coefficient (Wildman–Crippen LogP) is 2.57. The second-order valence-electron chi connectivity index (χ2n) is 7.33. The highest BCUT2D eigenvalue weighted by Crippen LogP contribution is 2.38. The predicted molar refractivity (Wildman–Crippen MR) is 87.2 cm³/mol. The second-order valence-corrected chi connectivity index (χ2v) is 7.33. The van der Waals surface area contributed by atoms with Crippen LogP contribution in [0.3, 0.4) is 0 Å². The number of hydrogen-bond acceptors (Lipinski definition) is 3. The number of piperidine rings is 1. The largest absolute Gasteiger partial charge is 0.316 e. The normalized spacial score (nSPS) is 24.6. The van der Waals surface area contributed by atoms with E-state index in [2.05, 4.69) is 36.1 Å². The molecule has 1 saturated heterocycles. The van der Waals surface area contributed by atoms with Crippen LogP contribution in [-0.4, -0.2) is 62.7 Å². The van der Waals surface area contributed by atoms with Crippen LogP contribution in [-0.2, 0) is 0 Å². The van der Waals surface area contributed by atoms with Crippen molar-refractivity contribution in [3.05, 3.63) is 0 Å². The fraction of sp³-hybridized carbons (Fsp3) is 1.00. The van der Waals surface area contributed by atoms with Crippen molar-refractivity contribution in [2.24, 2.45) is 5.41 Å². The Balaban J connectivity index is 1.83. The minimum Gasteiger partial charge on any atom is -0.316 e. The van der Waals surface area contributed by atoms with Gasteiger partial charge in [-0.1, -0.05) is 19.8 Å². The van der Waals surface area contributed by atoms with Gasteiger partial charge in [0.25, 0.3) is 0 Å². The summed E-state index contributed by atoms with van der Waals surface area (Å²) in [6, 6.07) is 0.815. The summed E-state index contributed by atoms with van der Waals surface area (Å²) in [6.07, 6.45) is 9.70. The Hall–Kier alpha value is -0.120. The molecular formula is C17H35N3. The first kappa shape index (κ1) is 16.3. The molecule has 3 nitrogen and oxygen atoms in total. The molecule has 118 valence electrons. The monoisotopic (exact) mass is 281 g/mol. The van der Waals surface area contributed by atoms with Crippen LogP contribution in [0.2, 0.25) is 0 Å². The van der Waals surface area contributed by atoms with Crippen LogP contribution in [0.15, 0.2) is 0 Å². The minimum atomic E-state index is 0.563. The smallest absolute Gasteiger partial charge is 0.0117 e. The lowest BCUT2D eigenvalue weighted by Gasteiger charge is -2.40. The van der Waals surface area contributed by atoms with Crippen molar-refractivity contribution >= 4 is 0 Å². The van der Waals surface area contributed by atoms with Gasteiger partial charge in [0.1, 0.15) is 0 Å². The third-order valence-electron chi connectivity index (χ3n) is 5.49.